The molecule has 1 aliphatic heterocycles. The largest absolute Gasteiger partial charge is 0.348 e. The van der Waals surface area contributed by atoms with Gasteiger partial charge in [0.25, 0.3) is 5.91 Å². The summed E-state index contributed by atoms with van der Waals surface area (Å²) >= 11 is 4.90. The van der Waals surface area contributed by atoms with Gasteiger partial charge in [-0.3, -0.25) is 4.79 Å². The van der Waals surface area contributed by atoms with Crippen LogP contribution in [0.4, 0.5) is 0 Å². The monoisotopic (exact) mass is 184 g/mol. The Morgan fingerprint density at radius 1 is 1.42 bits per heavy atom. The van der Waals surface area contributed by atoms with Gasteiger partial charge in [-0.2, -0.15) is 0 Å². The van der Waals surface area contributed by atoms with Crippen molar-refractivity contribution in [2.75, 3.05) is 0 Å². The first kappa shape index (κ1) is 7.98. The van der Waals surface area contributed by atoms with Crippen molar-refractivity contribution in [3.8, 4) is 0 Å². The second-order valence-electron chi connectivity index (χ2n) is 4.09. The molecule has 4 heteroatoms. The SMILES string of the molecule is CC1(C2(C)NC(=S)NC2=O)CC1. The second-order valence-corrected chi connectivity index (χ2v) is 4.50. The molecule has 1 saturated heterocycles. The molecule has 0 spiro atoms. The molecule has 12 heavy (non-hydrogen) atoms. The first-order valence-electron chi connectivity index (χ1n) is 4.12. The summed E-state index contributed by atoms with van der Waals surface area (Å²) in [5.74, 6) is 0.0208. The normalized spacial score (nSPS) is 37.5. The van der Waals surface area contributed by atoms with Crippen molar-refractivity contribution in [3.05, 3.63) is 0 Å². The molecule has 2 rings (SSSR count). The zero-order valence-corrected chi connectivity index (χ0v) is 8.05. The van der Waals surface area contributed by atoms with Gasteiger partial charge in [0.1, 0.15) is 5.54 Å². The van der Waals surface area contributed by atoms with Crippen LogP contribution in [0, 0.1) is 5.41 Å². The number of rotatable bonds is 1. The van der Waals surface area contributed by atoms with E-state index in [1.165, 1.54) is 0 Å². The van der Waals surface area contributed by atoms with Gasteiger partial charge in [0.05, 0.1) is 0 Å². The zero-order chi connectivity index (χ0) is 8.98. The molecule has 1 unspecified atom stereocenters. The lowest BCUT2D eigenvalue weighted by Gasteiger charge is -2.28. The quantitative estimate of drug-likeness (QED) is 0.585. The Hall–Kier alpha value is -0.640. The molecule has 2 aliphatic rings. The summed E-state index contributed by atoms with van der Waals surface area (Å²) in [6, 6.07) is 0. The first-order valence-corrected chi connectivity index (χ1v) is 4.52. The molecule has 1 aliphatic carbocycles. The maximum absolute atomic E-state index is 11.5. The topological polar surface area (TPSA) is 41.1 Å². The molecule has 1 heterocycles. The fraction of sp³-hybridized carbons (Fsp3) is 0.750. The lowest BCUT2D eigenvalue weighted by Crippen LogP contribution is -2.50. The summed E-state index contributed by atoms with van der Waals surface area (Å²) in [7, 11) is 0. The van der Waals surface area contributed by atoms with Gasteiger partial charge in [-0.25, -0.2) is 0 Å². The minimum atomic E-state index is -0.468. The van der Waals surface area contributed by atoms with Crippen LogP contribution < -0.4 is 10.6 Å². The smallest absolute Gasteiger partial charge is 0.252 e. The summed E-state index contributed by atoms with van der Waals surface area (Å²) in [6.45, 7) is 4.04. The van der Waals surface area contributed by atoms with Crippen molar-refractivity contribution in [1.29, 1.82) is 0 Å². The van der Waals surface area contributed by atoms with E-state index in [4.69, 9.17) is 12.2 Å². The van der Waals surface area contributed by atoms with Gasteiger partial charge in [0.15, 0.2) is 5.11 Å². The fourth-order valence-electron chi connectivity index (χ4n) is 1.66. The minimum Gasteiger partial charge on any atom is -0.348 e. The Morgan fingerprint density at radius 3 is 2.33 bits per heavy atom. The van der Waals surface area contributed by atoms with Crippen molar-refractivity contribution in [2.45, 2.75) is 32.2 Å². The summed E-state index contributed by atoms with van der Waals surface area (Å²) in [4.78, 5) is 11.5. The van der Waals surface area contributed by atoms with Crippen molar-refractivity contribution < 1.29 is 4.79 Å². The number of hydrogen-bond acceptors (Lipinski definition) is 2. The molecule has 0 bridgehead atoms. The predicted molar refractivity (Wildman–Crippen MR) is 49.6 cm³/mol. The van der Waals surface area contributed by atoms with Crippen LogP contribution in [0.25, 0.3) is 0 Å². The minimum absolute atomic E-state index is 0.0208. The molecule has 0 aromatic rings. The van der Waals surface area contributed by atoms with Gasteiger partial charge in [0, 0.05) is 0 Å². The van der Waals surface area contributed by atoms with Crippen LogP contribution in [-0.2, 0) is 4.79 Å². The van der Waals surface area contributed by atoms with Gasteiger partial charge in [-0.05, 0) is 37.4 Å². The molecule has 0 aromatic heterocycles. The summed E-state index contributed by atoms with van der Waals surface area (Å²) < 4.78 is 0. The Morgan fingerprint density at radius 2 is 2.00 bits per heavy atom. The second kappa shape index (κ2) is 1.99. The third kappa shape index (κ3) is 0.813. The van der Waals surface area contributed by atoms with Crippen molar-refractivity contribution in [2.24, 2.45) is 5.41 Å². The van der Waals surface area contributed by atoms with E-state index in [2.05, 4.69) is 17.6 Å². The van der Waals surface area contributed by atoms with E-state index in [9.17, 15) is 4.79 Å². The Labute approximate surface area is 76.9 Å². The highest BCUT2D eigenvalue weighted by Crippen LogP contribution is 2.54. The Kier molecular flexibility index (Phi) is 1.32. The predicted octanol–water partition coefficient (Wildman–Crippen LogP) is 0.549. The molecule has 1 atom stereocenters. The van der Waals surface area contributed by atoms with Crippen LogP contribution in [0.3, 0.4) is 0 Å². The molecule has 3 nitrogen and oxygen atoms in total. The van der Waals surface area contributed by atoms with E-state index in [-0.39, 0.29) is 11.3 Å². The zero-order valence-electron chi connectivity index (χ0n) is 7.23. The van der Waals surface area contributed by atoms with Crippen LogP contribution in [0.2, 0.25) is 0 Å². The molecule has 66 valence electrons. The van der Waals surface area contributed by atoms with Gasteiger partial charge >= 0.3 is 0 Å². The average molecular weight is 184 g/mol. The molecule has 2 fully saturated rings. The highest BCUT2D eigenvalue weighted by Gasteiger charge is 2.60. The number of thiocarbonyl (C=S) groups is 1. The van der Waals surface area contributed by atoms with Crippen molar-refractivity contribution >= 4 is 23.2 Å². The fourth-order valence-corrected chi connectivity index (χ4v) is 1.95. The van der Waals surface area contributed by atoms with E-state index in [0.717, 1.165) is 12.8 Å². The standard InChI is InChI=1S/C8H12N2OS/c1-7(3-4-7)8(2)5(11)9-6(12)10-8/h3-4H2,1-2H3,(H2,9,10,11,12). The summed E-state index contributed by atoms with van der Waals surface area (Å²) in [5.41, 5.74) is -0.359. The molecule has 2 N–H and O–H groups in total. The van der Waals surface area contributed by atoms with Crippen LogP contribution in [0.5, 0.6) is 0 Å². The summed E-state index contributed by atoms with van der Waals surface area (Å²) in [5, 5.41) is 6.16. The highest BCUT2D eigenvalue weighted by atomic mass is 32.1. The average Bonchev–Trinajstić information content (AvgIpc) is 2.62. The van der Waals surface area contributed by atoms with Crippen LogP contribution >= 0.6 is 12.2 Å². The molecular formula is C8H12N2OS. The van der Waals surface area contributed by atoms with Crippen molar-refractivity contribution in [3.63, 3.8) is 0 Å². The molecule has 1 saturated carbocycles. The van der Waals surface area contributed by atoms with Gasteiger partial charge in [-0.1, -0.05) is 6.92 Å². The maximum atomic E-state index is 11.5. The lowest BCUT2D eigenvalue weighted by molar-refractivity contribution is -0.125. The molecular weight excluding hydrogens is 172 g/mol. The van der Waals surface area contributed by atoms with Gasteiger partial charge in [-0.15, -0.1) is 0 Å². The van der Waals surface area contributed by atoms with E-state index in [1.54, 1.807) is 0 Å². The lowest BCUT2D eigenvalue weighted by atomic mass is 9.84. The van der Waals surface area contributed by atoms with E-state index in [1.807, 2.05) is 6.92 Å². The Balaban J connectivity index is 2.31. The maximum Gasteiger partial charge on any atom is 0.252 e. The van der Waals surface area contributed by atoms with Crippen LogP contribution in [0.15, 0.2) is 0 Å². The van der Waals surface area contributed by atoms with Gasteiger partial charge in [0.2, 0.25) is 0 Å². The Bertz CT molecular complexity index is 272. The van der Waals surface area contributed by atoms with Crippen molar-refractivity contribution in [1.82, 2.24) is 10.6 Å². The number of amides is 1. The number of carbonyl (C=O) groups is 1. The molecule has 0 aromatic carbocycles. The van der Waals surface area contributed by atoms with Crippen LogP contribution in [-0.4, -0.2) is 16.6 Å². The number of hydrogen-bond donors (Lipinski definition) is 2. The third-order valence-corrected chi connectivity index (χ3v) is 3.46. The van der Waals surface area contributed by atoms with Crippen LogP contribution in [0.1, 0.15) is 26.7 Å². The number of nitrogens with one attached hydrogen (secondary N) is 2. The molecule has 0 radical (unpaired) electrons. The van der Waals surface area contributed by atoms with E-state index >= 15 is 0 Å². The summed E-state index contributed by atoms with van der Waals surface area (Å²) in [6.07, 6.45) is 2.21. The number of carbonyl (C=O) groups excluding carboxylic acids is 1. The molecule has 1 amide bonds. The third-order valence-electron chi connectivity index (χ3n) is 3.25. The highest BCUT2D eigenvalue weighted by molar-refractivity contribution is 7.80. The van der Waals surface area contributed by atoms with E-state index < -0.39 is 5.54 Å². The van der Waals surface area contributed by atoms with E-state index in [0.29, 0.717) is 5.11 Å². The van der Waals surface area contributed by atoms with Gasteiger partial charge < -0.3 is 10.6 Å². The first-order chi connectivity index (χ1) is 5.48.